The highest BCUT2D eigenvalue weighted by molar-refractivity contribution is 5.49. The zero-order valence-corrected chi connectivity index (χ0v) is 12.0. The van der Waals surface area contributed by atoms with Crippen LogP contribution in [0.4, 0.5) is 11.6 Å². The van der Waals surface area contributed by atoms with E-state index < -0.39 is 0 Å². The maximum atomic E-state index is 5.12. The van der Waals surface area contributed by atoms with Crippen molar-refractivity contribution in [2.24, 2.45) is 0 Å². The van der Waals surface area contributed by atoms with Crippen LogP contribution in [0.25, 0.3) is 0 Å². The summed E-state index contributed by atoms with van der Waals surface area (Å²) in [5.41, 5.74) is 0. The summed E-state index contributed by atoms with van der Waals surface area (Å²) in [6, 6.07) is 2.40. The summed E-state index contributed by atoms with van der Waals surface area (Å²) in [5, 5.41) is 3.23. The van der Waals surface area contributed by atoms with E-state index in [9.17, 15) is 0 Å². The second kappa shape index (κ2) is 7.16. The van der Waals surface area contributed by atoms with Gasteiger partial charge in [-0.2, -0.15) is 0 Å². The number of aromatic nitrogens is 2. The van der Waals surface area contributed by atoms with Crippen LogP contribution in [-0.4, -0.2) is 36.2 Å². The molecule has 1 aromatic rings. The molecule has 0 saturated heterocycles. The Morgan fingerprint density at radius 2 is 2.06 bits per heavy atom. The van der Waals surface area contributed by atoms with Gasteiger partial charge in [0.15, 0.2) is 5.82 Å². The fourth-order valence-corrected chi connectivity index (χ4v) is 1.89. The normalized spacial score (nSPS) is 10.8. The van der Waals surface area contributed by atoms with Gasteiger partial charge in [0.05, 0.1) is 0 Å². The Morgan fingerprint density at radius 1 is 1.33 bits per heavy atom. The van der Waals surface area contributed by atoms with Gasteiger partial charge in [-0.1, -0.05) is 0 Å². The zero-order valence-electron chi connectivity index (χ0n) is 12.0. The summed E-state index contributed by atoms with van der Waals surface area (Å²) < 4.78 is 5.12. The first-order chi connectivity index (χ1) is 8.62. The summed E-state index contributed by atoms with van der Waals surface area (Å²) in [6.07, 6.45) is 0. The van der Waals surface area contributed by atoms with Crippen LogP contribution in [0.1, 0.15) is 33.5 Å². The van der Waals surface area contributed by atoms with Gasteiger partial charge in [0.1, 0.15) is 18.2 Å². The lowest BCUT2D eigenvalue weighted by atomic mass is 10.3. The largest absolute Gasteiger partial charge is 0.377 e. The molecule has 0 saturated carbocycles. The van der Waals surface area contributed by atoms with Crippen LogP contribution in [0.15, 0.2) is 6.07 Å². The number of anilines is 2. The van der Waals surface area contributed by atoms with Crippen LogP contribution in [0, 0.1) is 0 Å². The van der Waals surface area contributed by atoms with E-state index in [4.69, 9.17) is 4.74 Å². The number of ether oxygens (including phenoxy) is 1. The highest BCUT2D eigenvalue weighted by Gasteiger charge is 2.12. The van der Waals surface area contributed by atoms with Gasteiger partial charge in [0.2, 0.25) is 0 Å². The number of nitrogens with one attached hydrogen (secondary N) is 1. The predicted octanol–water partition coefficient (Wildman–Crippen LogP) is 2.29. The Balaban J connectivity index is 3.08. The number of methoxy groups -OCH3 is 1. The molecule has 0 bridgehead atoms. The number of hydrogen-bond acceptors (Lipinski definition) is 5. The maximum absolute atomic E-state index is 5.12. The molecule has 0 atom stereocenters. The second-order valence-electron chi connectivity index (χ2n) is 4.37. The predicted molar refractivity (Wildman–Crippen MR) is 75.1 cm³/mol. The van der Waals surface area contributed by atoms with Gasteiger partial charge in [-0.3, -0.25) is 0 Å². The molecule has 0 aromatic carbocycles. The summed E-state index contributed by atoms with van der Waals surface area (Å²) in [7, 11) is 1.66. The molecular formula is C13H24N4O. The minimum Gasteiger partial charge on any atom is -0.377 e. The van der Waals surface area contributed by atoms with Crippen molar-refractivity contribution in [1.29, 1.82) is 0 Å². The van der Waals surface area contributed by atoms with Gasteiger partial charge >= 0.3 is 0 Å². The molecule has 1 aromatic heterocycles. The van der Waals surface area contributed by atoms with Gasteiger partial charge in [0, 0.05) is 32.3 Å². The number of rotatable bonds is 7. The summed E-state index contributed by atoms with van der Waals surface area (Å²) in [6.45, 7) is 10.7. The molecule has 18 heavy (non-hydrogen) atoms. The van der Waals surface area contributed by atoms with E-state index in [2.05, 4.69) is 47.9 Å². The van der Waals surface area contributed by atoms with Crippen molar-refractivity contribution in [3.05, 3.63) is 11.9 Å². The molecule has 5 nitrogen and oxygen atoms in total. The maximum Gasteiger partial charge on any atom is 0.158 e. The molecule has 0 unspecified atom stereocenters. The lowest BCUT2D eigenvalue weighted by molar-refractivity contribution is 0.178. The number of nitrogens with zero attached hydrogens (tertiary/aromatic N) is 3. The third-order valence-corrected chi connectivity index (χ3v) is 2.65. The molecule has 0 aliphatic carbocycles. The summed E-state index contributed by atoms with van der Waals surface area (Å²) in [4.78, 5) is 11.2. The first-order valence-corrected chi connectivity index (χ1v) is 6.49. The van der Waals surface area contributed by atoms with Crippen molar-refractivity contribution in [2.45, 2.75) is 40.3 Å². The molecule has 0 aliphatic rings. The minimum absolute atomic E-state index is 0.412. The van der Waals surface area contributed by atoms with E-state index in [1.165, 1.54) is 0 Å². The van der Waals surface area contributed by atoms with Crippen molar-refractivity contribution in [1.82, 2.24) is 9.97 Å². The Labute approximate surface area is 110 Å². The van der Waals surface area contributed by atoms with Crippen LogP contribution >= 0.6 is 0 Å². The molecule has 1 N–H and O–H groups in total. The minimum atomic E-state index is 0.412. The van der Waals surface area contributed by atoms with Crippen LogP contribution < -0.4 is 10.2 Å². The van der Waals surface area contributed by atoms with Crippen LogP contribution in [0.3, 0.4) is 0 Å². The van der Waals surface area contributed by atoms with Gasteiger partial charge in [-0.15, -0.1) is 0 Å². The van der Waals surface area contributed by atoms with E-state index in [1.807, 2.05) is 6.07 Å². The fourth-order valence-electron chi connectivity index (χ4n) is 1.89. The van der Waals surface area contributed by atoms with Gasteiger partial charge in [-0.05, 0) is 27.7 Å². The van der Waals surface area contributed by atoms with E-state index >= 15 is 0 Å². The first-order valence-electron chi connectivity index (χ1n) is 6.49. The zero-order chi connectivity index (χ0) is 13.5. The third kappa shape index (κ3) is 3.84. The Kier molecular flexibility index (Phi) is 5.85. The molecule has 0 radical (unpaired) electrons. The standard InChI is InChI=1S/C13H24N4O/c1-6-14-11-8-13(17(7-2)10(3)4)16-12(15-11)9-18-5/h8,10H,6-7,9H2,1-5H3,(H,14,15,16). The first kappa shape index (κ1) is 14.7. The quantitative estimate of drug-likeness (QED) is 0.807. The smallest absolute Gasteiger partial charge is 0.158 e. The highest BCUT2D eigenvalue weighted by Crippen LogP contribution is 2.18. The molecule has 1 rings (SSSR count). The van der Waals surface area contributed by atoms with Crippen molar-refractivity contribution < 1.29 is 4.74 Å². The molecule has 0 fully saturated rings. The molecule has 0 spiro atoms. The van der Waals surface area contributed by atoms with Gasteiger partial charge < -0.3 is 15.0 Å². The summed E-state index contributed by atoms with van der Waals surface area (Å²) in [5.74, 6) is 2.52. The average Bonchev–Trinajstić information content (AvgIpc) is 2.30. The third-order valence-electron chi connectivity index (χ3n) is 2.65. The lowest BCUT2D eigenvalue weighted by Crippen LogP contribution is -2.31. The summed E-state index contributed by atoms with van der Waals surface area (Å²) >= 11 is 0. The SMILES string of the molecule is CCNc1cc(N(CC)C(C)C)nc(COC)n1. The second-order valence-corrected chi connectivity index (χ2v) is 4.37. The lowest BCUT2D eigenvalue weighted by Gasteiger charge is -2.27. The van der Waals surface area contributed by atoms with E-state index in [0.29, 0.717) is 18.5 Å². The Hall–Kier alpha value is -1.36. The van der Waals surface area contributed by atoms with Crippen LogP contribution in [-0.2, 0) is 11.3 Å². The van der Waals surface area contributed by atoms with Crippen molar-refractivity contribution in [3.63, 3.8) is 0 Å². The van der Waals surface area contributed by atoms with Crippen LogP contribution in [0.2, 0.25) is 0 Å². The molecule has 0 amide bonds. The average molecular weight is 252 g/mol. The van der Waals surface area contributed by atoms with E-state index in [1.54, 1.807) is 7.11 Å². The van der Waals surface area contributed by atoms with Gasteiger partial charge in [-0.25, -0.2) is 9.97 Å². The Bertz CT molecular complexity index is 344. The van der Waals surface area contributed by atoms with E-state index in [-0.39, 0.29) is 0 Å². The van der Waals surface area contributed by atoms with Crippen LogP contribution in [0.5, 0.6) is 0 Å². The molecule has 1 heterocycles. The van der Waals surface area contributed by atoms with Crippen molar-refractivity contribution in [3.8, 4) is 0 Å². The van der Waals surface area contributed by atoms with E-state index in [0.717, 1.165) is 24.7 Å². The van der Waals surface area contributed by atoms with Crippen molar-refractivity contribution >= 4 is 11.6 Å². The Morgan fingerprint density at radius 3 is 2.56 bits per heavy atom. The monoisotopic (exact) mass is 252 g/mol. The number of hydrogen-bond donors (Lipinski definition) is 1. The van der Waals surface area contributed by atoms with Crippen molar-refractivity contribution in [2.75, 3.05) is 30.4 Å². The molecule has 102 valence electrons. The molecule has 0 aliphatic heterocycles. The van der Waals surface area contributed by atoms with Gasteiger partial charge in [0.25, 0.3) is 0 Å². The fraction of sp³-hybridized carbons (Fsp3) is 0.692. The molecular weight excluding hydrogens is 228 g/mol. The topological polar surface area (TPSA) is 50.3 Å². The molecule has 5 heteroatoms. The highest BCUT2D eigenvalue weighted by atomic mass is 16.5.